The summed E-state index contributed by atoms with van der Waals surface area (Å²) in [5, 5.41) is 4.02. The predicted octanol–water partition coefficient (Wildman–Crippen LogP) is 3.72. The Morgan fingerprint density at radius 3 is 2.85 bits per heavy atom. The molecule has 0 unspecified atom stereocenters. The van der Waals surface area contributed by atoms with Crippen molar-refractivity contribution in [3.63, 3.8) is 0 Å². The van der Waals surface area contributed by atoms with Gasteiger partial charge in [0.05, 0.1) is 0 Å². The van der Waals surface area contributed by atoms with Gasteiger partial charge < -0.3 is 5.32 Å². The molecule has 1 nitrogen and oxygen atoms in total. The fraction of sp³-hybridized carbons (Fsp3) is 0.273. The van der Waals surface area contributed by atoms with Crippen LogP contribution in [-0.4, -0.2) is 6.54 Å². The van der Waals surface area contributed by atoms with Gasteiger partial charge >= 0.3 is 0 Å². The Morgan fingerprint density at radius 1 is 1.46 bits per heavy atom. The molecular formula is C11H14ClN. The van der Waals surface area contributed by atoms with E-state index in [1.807, 2.05) is 24.3 Å². The Labute approximate surface area is 84.4 Å². The van der Waals surface area contributed by atoms with Gasteiger partial charge in [0.15, 0.2) is 0 Å². The monoisotopic (exact) mass is 195 g/mol. The van der Waals surface area contributed by atoms with E-state index in [1.165, 1.54) is 5.57 Å². The van der Waals surface area contributed by atoms with Crippen molar-refractivity contribution in [3.8, 4) is 0 Å². The van der Waals surface area contributed by atoms with Gasteiger partial charge in [-0.1, -0.05) is 29.3 Å². The summed E-state index contributed by atoms with van der Waals surface area (Å²) in [6.45, 7) is 5.02. The first kappa shape index (κ1) is 10.1. The highest BCUT2D eigenvalue weighted by atomic mass is 35.5. The molecule has 0 aliphatic heterocycles. The van der Waals surface area contributed by atoms with Crippen LogP contribution in [0.15, 0.2) is 35.9 Å². The van der Waals surface area contributed by atoms with E-state index in [4.69, 9.17) is 11.6 Å². The highest BCUT2D eigenvalue weighted by molar-refractivity contribution is 6.30. The van der Waals surface area contributed by atoms with Gasteiger partial charge in [-0.3, -0.25) is 0 Å². The standard InChI is InChI=1S/C11H14ClN/c1-9(2)6-7-13-11-5-3-4-10(12)8-11/h3-6,8,13H,7H2,1-2H3. The molecule has 70 valence electrons. The SMILES string of the molecule is CC(C)=CCNc1cccc(Cl)c1. The van der Waals surface area contributed by atoms with Crippen molar-refractivity contribution in [2.24, 2.45) is 0 Å². The first-order valence-electron chi connectivity index (χ1n) is 4.31. The highest BCUT2D eigenvalue weighted by Gasteiger charge is 1.90. The van der Waals surface area contributed by atoms with Crippen LogP contribution in [0.5, 0.6) is 0 Å². The maximum Gasteiger partial charge on any atom is 0.0426 e. The van der Waals surface area contributed by atoms with Crippen molar-refractivity contribution < 1.29 is 0 Å². The van der Waals surface area contributed by atoms with E-state index < -0.39 is 0 Å². The molecule has 0 fully saturated rings. The molecule has 0 saturated carbocycles. The van der Waals surface area contributed by atoms with E-state index in [0.29, 0.717) is 0 Å². The highest BCUT2D eigenvalue weighted by Crippen LogP contribution is 2.14. The third kappa shape index (κ3) is 4.00. The van der Waals surface area contributed by atoms with Gasteiger partial charge in [-0.2, -0.15) is 0 Å². The minimum Gasteiger partial charge on any atom is -0.382 e. The van der Waals surface area contributed by atoms with Crippen molar-refractivity contribution in [1.29, 1.82) is 0 Å². The number of anilines is 1. The second-order valence-corrected chi connectivity index (χ2v) is 3.61. The average molecular weight is 196 g/mol. The normalized spacial score (nSPS) is 9.46. The predicted molar refractivity (Wildman–Crippen MR) is 59.4 cm³/mol. The summed E-state index contributed by atoms with van der Waals surface area (Å²) in [6.07, 6.45) is 2.14. The van der Waals surface area contributed by atoms with E-state index in [0.717, 1.165) is 17.3 Å². The fourth-order valence-electron chi connectivity index (χ4n) is 0.971. The molecule has 0 bridgehead atoms. The first-order valence-corrected chi connectivity index (χ1v) is 4.69. The van der Waals surface area contributed by atoms with E-state index in [1.54, 1.807) is 0 Å². The zero-order valence-corrected chi connectivity index (χ0v) is 8.73. The van der Waals surface area contributed by atoms with Crippen LogP contribution in [0.2, 0.25) is 5.02 Å². The average Bonchev–Trinajstić information content (AvgIpc) is 2.03. The van der Waals surface area contributed by atoms with Gasteiger partial charge in [0.1, 0.15) is 0 Å². The van der Waals surface area contributed by atoms with Crippen LogP contribution in [0, 0.1) is 0 Å². The minimum absolute atomic E-state index is 0.766. The molecule has 13 heavy (non-hydrogen) atoms. The van der Waals surface area contributed by atoms with Crippen LogP contribution in [0.25, 0.3) is 0 Å². The lowest BCUT2D eigenvalue weighted by atomic mass is 10.3. The Kier molecular flexibility index (Phi) is 3.84. The van der Waals surface area contributed by atoms with Crippen molar-refractivity contribution in [2.75, 3.05) is 11.9 Å². The number of benzene rings is 1. The maximum absolute atomic E-state index is 5.83. The van der Waals surface area contributed by atoms with Crippen LogP contribution in [-0.2, 0) is 0 Å². The quantitative estimate of drug-likeness (QED) is 0.725. The summed E-state index contributed by atoms with van der Waals surface area (Å²) < 4.78 is 0. The van der Waals surface area contributed by atoms with Crippen molar-refractivity contribution >= 4 is 17.3 Å². The van der Waals surface area contributed by atoms with Gasteiger partial charge in [0.2, 0.25) is 0 Å². The second kappa shape index (κ2) is 4.93. The molecule has 1 N–H and O–H groups in total. The molecule has 0 spiro atoms. The first-order chi connectivity index (χ1) is 6.18. The summed E-state index contributed by atoms with van der Waals surface area (Å²) >= 11 is 5.83. The molecule has 0 amide bonds. The maximum atomic E-state index is 5.83. The van der Waals surface area contributed by atoms with Gasteiger partial charge in [-0.05, 0) is 32.0 Å². The lowest BCUT2D eigenvalue weighted by molar-refractivity contribution is 1.26. The number of rotatable bonds is 3. The molecule has 0 heterocycles. The molecule has 1 rings (SSSR count). The molecule has 0 aliphatic carbocycles. The van der Waals surface area contributed by atoms with Crippen molar-refractivity contribution in [1.82, 2.24) is 0 Å². The molecule has 0 atom stereocenters. The van der Waals surface area contributed by atoms with E-state index >= 15 is 0 Å². The minimum atomic E-state index is 0.766. The molecular weight excluding hydrogens is 182 g/mol. The van der Waals surface area contributed by atoms with Crippen LogP contribution >= 0.6 is 11.6 Å². The molecule has 0 aromatic heterocycles. The van der Waals surface area contributed by atoms with E-state index in [-0.39, 0.29) is 0 Å². The van der Waals surface area contributed by atoms with Crippen LogP contribution < -0.4 is 5.32 Å². The summed E-state index contributed by atoms with van der Waals surface area (Å²) in [5.74, 6) is 0. The van der Waals surface area contributed by atoms with Gasteiger partial charge in [-0.25, -0.2) is 0 Å². The Hall–Kier alpha value is -0.950. The van der Waals surface area contributed by atoms with Crippen LogP contribution in [0.1, 0.15) is 13.8 Å². The summed E-state index contributed by atoms with van der Waals surface area (Å²) in [6, 6.07) is 7.73. The van der Waals surface area contributed by atoms with Crippen molar-refractivity contribution in [3.05, 3.63) is 40.9 Å². The van der Waals surface area contributed by atoms with Gasteiger partial charge in [0, 0.05) is 17.3 Å². The lowest BCUT2D eigenvalue weighted by Gasteiger charge is -2.03. The molecule has 0 saturated heterocycles. The van der Waals surface area contributed by atoms with Gasteiger partial charge in [0.25, 0.3) is 0 Å². The number of halogens is 1. The number of hydrogen-bond acceptors (Lipinski definition) is 1. The van der Waals surface area contributed by atoms with E-state index in [2.05, 4.69) is 25.2 Å². The molecule has 1 aromatic rings. The van der Waals surface area contributed by atoms with Gasteiger partial charge in [-0.15, -0.1) is 0 Å². The molecule has 0 aliphatic rings. The molecule has 2 heteroatoms. The third-order valence-corrected chi connectivity index (χ3v) is 1.88. The number of hydrogen-bond donors (Lipinski definition) is 1. The third-order valence-electron chi connectivity index (χ3n) is 1.64. The fourth-order valence-corrected chi connectivity index (χ4v) is 1.16. The second-order valence-electron chi connectivity index (χ2n) is 3.17. The summed E-state index contributed by atoms with van der Waals surface area (Å²) in [4.78, 5) is 0. The van der Waals surface area contributed by atoms with Crippen LogP contribution in [0.3, 0.4) is 0 Å². The Bertz CT molecular complexity index is 301. The topological polar surface area (TPSA) is 12.0 Å². The van der Waals surface area contributed by atoms with E-state index in [9.17, 15) is 0 Å². The smallest absolute Gasteiger partial charge is 0.0426 e. The zero-order chi connectivity index (χ0) is 9.68. The largest absolute Gasteiger partial charge is 0.382 e. The zero-order valence-electron chi connectivity index (χ0n) is 7.97. The Balaban J connectivity index is 2.50. The summed E-state index contributed by atoms with van der Waals surface area (Å²) in [7, 11) is 0. The van der Waals surface area contributed by atoms with Crippen LogP contribution in [0.4, 0.5) is 5.69 Å². The summed E-state index contributed by atoms with van der Waals surface area (Å²) in [5.41, 5.74) is 2.37. The van der Waals surface area contributed by atoms with Crippen molar-refractivity contribution in [2.45, 2.75) is 13.8 Å². The number of nitrogens with one attached hydrogen (secondary N) is 1. The molecule has 0 radical (unpaired) electrons. The Morgan fingerprint density at radius 2 is 2.23 bits per heavy atom. The lowest BCUT2D eigenvalue weighted by Crippen LogP contribution is -1.97. The molecule has 1 aromatic carbocycles. The number of allylic oxidation sites excluding steroid dienone is 1.